The molecular weight excluding hydrogens is 476 g/mol. The van der Waals surface area contributed by atoms with Crippen LogP contribution >= 0.6 is 0 Å². The van der Waals surface area contributed by atoms with Gasteiger partial charge < -0.3 is 8.83 Å². The molecule has 0 spiro atoms. The highest BCUT2D eigenvalue weighted by Gasteiger charge is 2.49. The van der Waals surface area contributed by atoms with Crippen LogP contribution in [0.2, 0.25) is 0 Å². The van der Waals surface area contributed by atoms with Gasteiger partial charge in [0.05, 0.1) is 12.5 Å². The third-order valence-corrected chi connectivity index (χ3v) is 9.22. The first kappa shape index (κ1) is 25.7. The van der Waals surface area contributed by atoms with E-state index < -0.39 is 0 Å². The van der Waals surface area contributed by atoms with E-state index in [0.717, 1.165) is 37.2 Å². The summed E-state index contributed by atoms with van der Waals surface area (Å²) in [6.45, 7) is 13.9. The fraction of sp³-hybridized carbons (Fsp3) is 0.351. The summed E-state index contributed by atoms with van der Waals surface area (Å²) >= 11 is 0. The van der Waals surface area contributed by atoms with Gasteiger partial charge in [-0.2, -0.15) is 0 Å². The van der Waals surface area contributed by atoms with Crippen molar-refractivity contribution in [1.29, 1.82) is 0 Å². The van der Waals surface area contributed by atoms with Gasteiger partial charge in [0.2, 0.25) is 0 Å². The van der Waals surface area contributed by atoms with Crippen LogP contribution < -0.4 is 0 Å². The molecule has 2 aliphatic carbocycles. The minimum Gasteiger partial charge on any atom is -0.464 e. The molecule has 2 atom stereocenters. The van der Waals surface area contributed by atoms with Crippen molar-refractivity contribution in [1.82, 2.24) is 0 Å². The maximum atomic E-state index is 6.27. The Morgan fingerprint density at radius 3 is 1.41 bits per heavy atom. The second-order valence-electron chi connectivity index (χ2n) is 11.8. The minimum atomic E-state index is -0.164. The lowest BCUT2D eigenvalue weighted by Gasteiger charge is -2.42. The summed E-state index contributed by atoms with van der Waals surface area (Å²) in [5.74, 6) is 2.37. The molecule has 200 valence electrons. The Hall–Kier alpha value is -3.52. The monoisotopic (exact) mass is 516 g/mol. The van der Waals surface area contributed by atoms with E-state index >= 15 is 0 Å². The molecule has 2 heteroatoms. The van der Waals surface area contributed by atoms with Crippen molar-refractivity contribution in [2.24, 2.45) is 5.41 Å². The number of hydrogen-bond acceptors (Lipinski definition) is 2. The van der Waals surface area contributed by atoms with Gasteiger partial charge in [0, 0.05) is 23.0 Å². The molecule has 6 rings (SSSR count). The molecule has 2 aliphatic rings. The Morgan fingerprint density at radius 1 is 0.615 bits per heavy atom. The molecule has 0 saturated carbocycles. The number of benzene rings is 2. The molecular formula is C37H40O2. The molecule has 2 aromatic heterocycles. The van der Waals surface area contributed by atoms with Gasteiger partial charge in [0.15, 0.2) is 0 Å². The summed E-state index contributed by atoms with van der Waals surface area (Å²) in [6.07, 6.45) is 12.6. The van der Waals surface area contributed by atoms with Crippen LogP contribution in [0.25, 0.3) is 23.3 Å². The van der Waals surface area contributed by atoms with E-state index in [9.17, 15) is 0 Å². The number of hydrogen-bond donors (Lipinski definition) is 0. The Balaban J connectivity index is 1.58. The van der Waals surface area contributed by atoms with E-state index in [1.807, 2.05) is 12.5 Å². The van der Waals surface area contributed by atoms with Crippen LogP contribution in [0.5, 0.6) is 0 Å². The third-order valence-electron chi connectivity index (χ3n) is 9.22. The van der Waals surface area contributed by atoms with Crippen molar-refractivity contribution < 1.29 is 8.83 Å². The van der Waals surface area contributed by atoms with Crippen LogP contribution in [0, 0.1) is 5.41 Å². The van der Waals surface area contributed by atoms with E-state index in [1.165, 1.54) is 55.7 Å². The van der Waals surface area contributed by atoms with Crippen LogP contribution in [-0.2, 0) is 25.7 Å². The molecule has 2 aromatic carbocycles. The lowest BCUT2D eigenvalue weighted by Crippen LogP contribution is -2.31. The molecule has 2 heterocycles. The second-order valence-corrected chi connectivity index (χ2v) is 11.8. The first-order chi connectivity index (χ1) is 18.9. The van der Waals surface area contributed by atoms with Gasteiger partial charge >= 0.3 is 0 Å². The molecule has 0 radical (unpaired) electrons. The molecule has 0 bridgehead atoms. The smallest absolute Gasteiger partial charge is 0.130 e. The highest BCUT2D eigenvalue weighted by atomic mass is 16.3. The normalized spacial score (nSPS) is 18.2. The van der Waals surface area contributed by atoms with Crippen LogP contribution in [0.3, 0.4) is 0 Å². The van der Waals surface area contributed by atoms with Gasteiger partial charge in [-0.1, -0.05) is 77.9 Å². The third kappa shape index (κ3) is 4.07. The summed E-state index contributed by atoms with van der Waals surface area (Å²) < 4.78 is 12.5. The average Bonchev–Trinajstić information content (AvgIpc) is 3.75. The molecule has 0 saturated heterocycles. The zero-order chi connectivity index (χ0) is 27.3. The molecule has 0 aliphatic heterocycles. The highest BCUT2D eigenvalue weighted by molar-refractivity contribution is 5.95. The predicted molar refractivity (Wildman–Crippen MR) is 163 cm³/mol. The van der Waals surface area contributed by atoms with E-state index in [-0.39, 0.29) is 17.3 Å². The van der Waals surface area contributed by atoms with Crippen LogP contribution in [0.15, 0.2) is 69.9 Å². The maximum Gasteiger partial charge on any atom is 0.130 e. The van der Waals surface area contributed by atoms with Crippen molar-refractivity contribution in [3.8, 4) is 0 Å². The van der Waals surface area contributed by atoms with E-state index in [2.05, 4.69) is 102 Å². The zero-order valence-electron chi connectivity index (χ0n) is 24.2. The predicted octanol–water partition coefficient (Wildman–Crippen LogP) is 10.1. The molecule has 0 amide bonds. The number of aryl methyl sites for hydroxylation is 4. The van der Waals surface area contributed by atoms with E-state index in [1.54, 1.807) is 0 Å². The number of furan rings is 2. The van der Waals surface area contributed by atoms with Gasteiger partial charge in [-0.3, -0.25) is 0 Å². The van der Waals surface area contributed by atoms with Gasteiger partial charge in [0.25, 0.3) is 0 Å². The molecule has 0 N–H and O–H groups in total. The van der Waals surface area contributed by atoms with Gasteiger partial charge in [-0.25, -0.2) is 0 Å². The van der Waals surface area contributed by atoms with Gasteiger partial charge in [-0.15, -0.1) is 0 Å². The first-order valence-electron chi connectivity index (χ1n) is 14.7. The lowest BCUT2D eigenvalue weighted by molar-refractivity contribution is 0.297. The first-order valence-corrected chi connectivity index (χ1v) is 14.7. The summed E-state index contributed by atoms with van der Waals surface area (Å²) in [5.41, 5.74) is 13.4. The SMILES string of the molecule is CCc1coc(C2=Cc3cccc(CC)c3C2C(C)(C)C2C(c3cc(CC)co3)=Cc3cccc(CC)c32)c1. The average molecular weight is 517 g/mol. The van der Waals surface area contributed by atoms with Crippen molar-refractivity contribution in [2.75, 3.05) is 0 Å². The summed E-state index contributed by atoms with van der Waals surface area (Å²) in [6, 6.07) is 18.1. The highest BCUT2D eigenvalue weighted by Crippen LogP contribution is 2.63. The number of fused-ring (bicyclic) bond motifs is 2. The second kappa shape index (κ2) is 9.90. The molecule has 0 fully saturated rings. The maximum absolute atomic E-state index is 6.27. The summed E-state index contributed by atoms with van der Waals surface area (Å²) in [4.78, 5) is 0. The van der Waals surface area contributed by atoms with E-state index in [0.29, 0.717) is 0 Å². The summed E-state index contributed by atoms with van der Waals surface area (Å²) in [7, 11) is 0. The molecule has 2 unspecified atom stereocenters. The van der Waals surface area contributed by atoms with Crippen LogP contribution in [-0.4, -0.2) is 0 Å². The Kier molecular flexibility index (Phi) is 6.53. The van der Waals surface area contributed by atoms with E-state index in [4.69, 9.17) is 8.83 Å². The van der Waals surface area contributed by atoms with Crippen LogP contribution in [0.1, 0.15) is 109 Å². The minimum absolute atomic E-state index is 0.164. The van der Waals surface area contributed by atoms with Crippen LogP contribution in [0.4, 0.5) is 0 Å². The molecule has 2 nitrogen and oxygen atoms in total. The van der Waals surface area contributed by atoms with Crippen molar-refractivity contribution >= 4 is 23.3 Å². The number of rotatable bonds is 8. The van der Waals surface area contributed by atoms with Gasteiger partial charge in [0.1, 0.15) is 11.5 Å². The van der Waals surface area contributed by atoms with Crippen molar-refractivity contribution in [3.63, 3.8) is 0 Å². The van der Waals surface area contributed by atoms with Crippen molar-refractivity contribution in [3.05, 3.63) is 117 Å². The fourth-order valence-corrected chi connectivity index (χ4v) is 7.21. The standard InChI is InChI=1S/C37H40O2/c1-7-23-17-31(38-21-23)29-19-27-15-11-13-25(9-3)33(27)35(29)37(5,6)36-30(32-18-24(8-2)22-39-32)20-28-16-12-14-26(10-4)34(28)36/h11-22,35-36H,7-10H2,1-6H3. The topological polar surface area (TPSA) is 26.3 Å². The van der Waals surface area contributed by atoms with Gasteiger partial charge in [-0.05, 0) is 99.9 Å². The molecule has 4 aromatic rings. The fourth-order valence-electron chi connectivity index (χ4n) is 7.21. The quantitative estimate of drug-likeness (QED) is 0.233. The Bertz CT molecular complexity index is 1470. The lowest BCUT2D eigenvalue weighted by atomic mass is 9.60. The Labute approximate surface area is 233 Å². The Morgan fingerprint density at radius 2 is 1.05 bits per heavy atom. The number of allylic oxidation sites excluding steroid dienone is 2. The zero-order valence-corrected chi connectivity index (χ0v) is 24.2. The largest absolute Gasteiger partial charge is 0.464 e. The molecule has 39 heavy (non-hydrogen) atoms. The summed E-state index contributed by atoms with van der Waals surface area (Å²) in [5, 5.41) is 0. The van der Waals surface area contributed by atoms with Crippen molar-refractivity contribution in [2.45, 2.75) is 79.1 Å².